The standard InChI is InChI=1S/C49H67N3O3/c1-44(2,3)31-25-34(41(53-22-19-50)37(28-31)47(10,11)12)40(35-26-32(45(4,5)6)29-38(48(13,14)15)42(35)54-23-20-51)36-27-33(46(7,8)9)30-39(49(16,17)18)43(36)55-24-21-52/h25-30,40H,22-24H2,1-18H3. The summed E-state index contributed by atoms with van der Waals surface area (Å²) in [5.41, 5.74) is 7.08. The van der Waals surface area contributed by atoms with Gasteiger partial charge in [-0.05, 0) is 49.2 Å². The van der Waals surface area contributed by atoms with E-state index in [9.17, 15) is 15.8 Å². The smallest absolute Gasteiger partial charge is 0.174 e. The largest absolute Gasteiger partial charge is 0.478 e. The number of nitrogens with zero attached hydrogens (tertiary/aromatic N) is 3. The Hall–Kier alpha value is -4.47. The zero-order valence-electron chi connectivity index (χ0n) is 37.2. The van der Waals surface area contributed by atoms with Crippen molar-refractivity contribution in [3.05, 3.63) is 86.5 Å². The van der Waals surface area contributed by atoms with E-state index in [1.165, 1.54) is 0 Å². The van der Waals surface area contributed by atoms with Crippen LogP contribution in [-0.2, 0) is 32.5 Å². The molecule has 0 fully saturated rings. The number of hydrogen-bond acceptors (Lipinski definition) is 6. The molecular formula is C49H67N3O3. The van der Waals surface area contributed by atoms with Crippen molar-refractivity contribution in [2.24, 2.45) is 0 Å². The highest BCUT2D eigenvalue weighted by molar-refractivity contribution is 5.65. The summed E-state index contributed by atoms with van der Waals surface area (Å²) < 4.78 is 19.9. The summed E-state index contributed by atoms with van der Waals surface area (Å²) in [6.45, 7) is 39.0. The summed E-state index contributed by atoms with van der Waals surface area (Å²) >= 11 is 0. The molecule has 0 heterocycles. The Kier molecular flexibility index (Phi) is 13.0. The number of rotatable bonds is 9. The van der Waals surface area contributed by atoms with Gasteiger partial charge in [-0.25, -0.2) is 0 Å². The predicted octanol–water partition coefficient (Wildman–Crippen LogP) is 12.4. The Morgan fingerprint density at radius 3 is 0.764 bits per heavy atom. The zero-order valence-corrected chi connectivity index (χ0v) is 37.2. The maximum absolute atomic E-state index is 9.98. The molecular weight excluding hydrogens is 679 g/mol. The summed E-state index contributed by atoms with van der Waals surface area (Å²) in [6.07, 6.45) is 0. The van der Waals surface area contributed by atoms with Crippen molar-refractivity contribution >= 4 is 0 Å². The van der Waals surface area contributed by atoms with Crippen LogP contribution in [0, 0.1) is 34.0 Å². The lowest BCUT2D eigenvalue weighted by Gasteiger charge is -2.36. The number of hydrogen-bond donors (Lipinski definition) is 0. The summed E-state index contributed by atoms with van der Waals surface area (Å²) in [5.74, 6) is 1.34. The van der Waals surface area contributed by atoms with E-state index in [1.807, 2.05) is 0 Å². The van der Waals surface area contributed by atoms with Crippen LogP contribution in [0.3, 0.4) is 0 Å². The van der Waals surface area contributed by atoms with Crippen LogP contribution in [0.5, 0.6) is 17.2 Å². The third-order valence-corrected chi connectivity index (χ3v) is 10.2. The van der Waals surface area contributed by atoms with Gasteiger partial charge in [0.05, 0.1) is 0 Å². The molecule has 3 aromatic carbocycles. The zero-order chi connectivity index (χ0) is 42.1. The van der Waals surface area contributed by atoms with E-state index in [-0.39, 0.29) is 52.3 Å². The average Bonchev–Trinajstić information content (AvgIpc) is 3.02. The molecule has 0 spiro atoms. The highest BCUT2D eigenvalue weighted by Crippen LogP contribution is 2.53. The second-order valence-corrected chi connectivity index (χ2v) is 21.1. The Morgan fingerprint density at radius 2 is 0.600 bits per heavy atom. The van der Waals surface area contributed by atoms with E-state index in [2.05, 4.69) is 179 Å². The summed E-state index contributed by atoms with van der Waals surface area (Å²) in [7, 11) is 0. The van der Waals surface area contributed by atoms with Crippen molar-refractivity contribution in [1.29, 1.82) is 15.8 Å². The van der Waals surface area contributed by atoms with Gasteiger partial charge < -0.3 is 14.2 Å². The van der Waals surface area contributed by atoms with Gasteiger partial charge in [-0.3, -0.25) is 0 Å². The van der Waals surface area contributed by atoms with E-state index in [0.29, 0.717) is 17.2 Å². The highest BCUT2D eigenvalue weighted by atomic mass is 16.5. The Morgan fingerprint density at radius 1 is 0.382 bits per heavy atom. The Balaban J connectivity index is 2.99. The molecule has 296 valence electrons. The fourth-order valence-corrected chi connectivity index (χ4v) is 6.87. The number of nitriles is 3. The molecule has 0 aliphatic heterocycles. The van der Waals surface area contributed by atoms with Gasteiger partial charge in [0, 0.05) is 39.3 Å². The molecule has 0 saturated carbocycles. The summed E-state index contributed by atoms with van der Waals surface area (Å²) in [4.78, 5) is 0. The third-order valence-electron chi connectivity index (χ3n) is 10.2. The van der Waals surface area contributed by atoms with Crippen LogP contribution in [0.1, 0.15) is 181 Å². The minimum Gasteiger partial charge on any atom is -0.478 e. The summed E-state index contributed by atoms with van der Waals surface area (Å²) in [5, 5.41) is 29.9. The number of benzene rings is 3. The van der Waals surface area contributed by atoms with Crippen molar-refractivity contribution in [3.63, 3.8) is 0 Å². The van der Waals surface area contributed by atoms with E-state index < -0.39 is 5.92 Å². The molecule has 0 aliphatic rings. The molecule has 0 aliphatic carbocycles. The van der Waals surface area contributed by atoms with Crippen LogP contribution in [0.25, 0.3) is 0 Å². The fraction of sp³-hybridized carbons (Fsp3) is 0.571. The molecule has 0 atom stereocenters. The van der Waals surface area contributed by atoms with Crippen molar-refractivity contribution in [2.75, 3.05) is 19.8 Å². The molecule has 0 aromatic heterocycles. The van der Waals surface area contributed by atoms with Crippen LogP contribution in [0.2, 0.25) is 0 Å². The molecule has 0 N–H and O–H groups in total. The lowest BCUT2D eigenvalue weighted by Crippen LogP contribution is -2.24. The van der Waals surface area contributed by atoms with Crippen LogP contribution < -0.4 is 14.2 Å². The van der Waals surface area contributed by atoms with Crippen molar-refractivity contribution in [3.8, 4) is 35.5 Å². The van der Waals surface area contributed by atoms with Crippen LogP contribution in [0.15, 0.2) is 36.4 Å². The normalized spacial score (nSPS) is 12.9. The third kappa shape index (κ3) is 10.4. The topological polar surface area (TPSA) is 99.1 Å². The maximum Gasteiger partial charge on any atom is 0.174 e. The first kappa shape index (κ1) is 44.9. The van der Waals surface area contributed by atoms with Crippen molar-refractivity contribution < 1.29 is 14.2 Å². The van der Waals surface area contributed by atoms with Crippen LogP contribution in [-0.4, -0.2) is 19.8 Å². The minimum absolute atomic E-state index is 0.141. The van der Waals surface area contributed by atoms with Gasteiger partial charge in [0.2, 0.25) is 0 Å². The number of ether oxygens (including phenoxy) is 3. The van der Waals surface area contributed by atoms with Gasteiger partial charge in [-0.1, -0.05) is 161 Å². The Labute approximate surface area is 333 Å². The van der Waals surface area contributed by atoms with Gasteiger partial charge in [0.1, 0.15) is 35.5 Å². The Bertz CT molecular complexity index is 1760. The molecule has 0 amide bonds. The molecule has 3 aromatic rings. The highest BCUT2D eigenvalue weighted by Gasteiger charge is 2.38. The average molecular weight is 746 g/mol. The van der Waals surface area contributed by atoms with Gasteiger partial charge in [0.25, 0.3) is 0 Å². The molecule has 55 heavy (non-hydrogen) atoms. The minimum atomic E-state index is -0.578. The quantitative estimate of drug-likeness (QED) is 0.202. The SMILES string of the molecule is CC(C)(C)c1cc(C(c2cc(C(C)(C)C)cc(C(C)(C)C)c2OCC#N)c2cc(C(C)(C)C)cc(C(C)(C)C)c2OCC#N)c(OCC#N)c(C(C)(C)C)c1. The molecule has 0 unspecified atom stereocenters. The van der Waals surface area contributed by atoms with Crippen LogP contribution in [0.4, 0.5) is 0 Å². The molecule has 6 heteroatoms. The molecule has 6 nitrogen and oxygen atoms in total. The van der Waals surface area contributed by atoms with Crippen molar-refractivity contribution in [1.82, 2.24) is 0 Å². The predicted molar refractivity (Wildman–Crippen MR) is 226 cm³/mol. The van der Waals surface area contributed by atoms with Gasteiger partial charge >= 0.3 is 0 Å². The first-order valence-corrected chi connectivity index (χ1v) is 19.5. The molecule has 0 bridgehead atoms. The van der Waals surface area contributed by atoms with Gasteiger partial charge in [-0.15, -0.1) is 0 Å². The first-order valence-electron chi connectivity index (χ1n) is 19.5. The van der Waals surface area contributed by atoms with E-state index in [4.69, 9.17) is 14.2 Å². The first-order chi connectivity index (χ1) is 25.0. The second kappa shape index (κ2) is 15.9. The maximum atomic E-state index is 9.98. The lowest BCUT2D eigenvalue weighted by molar-refractivity contribution is 0.339. The van der Waals surface area contributed by atoms with Gasteiger partial charge in [0.15, 0.2) is 19.8 Å². The van der Waals surface area contributed by atoms with Crippen LogP contribution >= 0.6 is 0 Å². The molecule has 0 saturated heterocycles. The fourth-order valence-electron chi connectivity index (χ4n) is 6.87. The molecule has 3 rings (SSSR count). The van der Waals surface area contributed by atoms with E-state index in [0.717, 1.165) is 50.1 Å². The van der Waals surface area contributed by atoms with Gasteiger partial charge in [-0.2, -0.15) is 15.8 Å². The van der Waals surface area contributed by atoms with Crippen molar-refractivity contribution in [2.45, 2.75) is 163 Å². The lowest BCUT2D eigenvalue weighted by atomic mass is 9.70. The monoisotopic (exact) mass is 746 g/mol. The summed E-state index contributed by atoms with van der Waals surface area (Å²) in [6, 6.07) is 20.1. The van der Waals surface area contributed by atoms with E-state index >= 15 is 0 Å². The van der Waals surface area contributed by atoms with E-state index in [1.54, 1.807) is 0 Å². The molecule has 0 radical (unpaired) electrons. The second-order valence-electron chi connectivity index (χ2n) is 21.1.